The van der Waals surface area contributed by atoms with E-state index in [9.17, 15) is 8.42 Å². The molecule has 0 unspecified atom stereocenters. The Morgan fingerprint density at radius 2 is 1.67 bits per heavy atom. The molecule has 3 aromatic rings. The first-order valence-corrected chi connectivity index (χ1v) is 11.2. The molecule has 1 aromatic heterocycles. The summed E-state index contributed by atoms with van der Waals surface area (Å²) in [6, 6.07) is 16.2. The Morgan fingerprint density at radius 3 is 2.33 bits per heavy atom. The second kappa shape index (κ2) is 8.95. The van der Waals surface area contributed by atoms with Gasteiger partial charge in [-0.2, -0.15) is 4.31 Å². The van der Waals surface area contributed by atoms with Crippen molar-refractivity contribution in [3.8, 4) is 17.2 Å². The lowest BCUT2D eigenvalue weighted by Crippen LogP contribution is -2.49. The van der Waals surface area contributed by atoms with Crippen molar-refractivity contribution in [2.24, 2.45) is 0 Å². The number of aromatic nitrogens is 2. The van der Waals surface area contributed by atoms with Crippen LogP contribution >= 0.6 is 0 Å². The lowest BCUT2D eigenvalue weighted by molar-refractivity contribution is 0.187. The first kappa shape index (κ1) is 20.5. The smallest absolute Gasteiger partial charge is 0.247 e. The number of ether oxygens (including phenoxy) is 1. The quantitative estimate of drug-likeness (QED) is 0.570. The fourth-order valence-electron chi connectivity index (χ4n) is 3.40. The van der Waals surface area contributed by atoms with Gasteiger partial charge in [0, 0.05) is 44.7 Å². The van der Waals surface area contributed by atoms with Gasteiger partial charge < -0.3 is 14.1 Å². The molecular weight excluding hydrogens is 404 g/mol. The van der Waals surface area contributed by atoms with E-state index in [2.05, 4.69) is 15.1 Å². The molecule has 0 radical (unpaired) electrons. The highest BCUT2D eigenvalue weighted by atomic mass is 32.2. The second-order valence-corrected chi connectivity index (χ2v) is 8.98. The van der Waals surface area contributed by atoms with Crippen LogP contribution in [0.15, 0.2) is 63.9 Å². The molecule has 2 heterocycles. The van der Waals surface area contributed by atoms with Crippen LogP contribution in [0, 0.1) is 0 Å². The number of piperazine rings is 1. The molecule has 0 atom stereocenters. The SMILES string of the molecule is COc1ccc(S(=O)(=O)N2CCN(CCc3nnc(-c4ccccc4)o3)CC2)cc1. The first-order chi connectivity index (χ1) is 14.6. The van der Waals surface area contributed by atoms with E-state index >= 15 is 0 Å². The molecule has 1 fully saturated rings. The van der Waals surface area contributed by atoms with Gasteiger partial charge in [0.25, 0.3) is 0 Å². The van der Waals surface area contributed by atoms with Crippen LogP contribution in [0.1, 0.15) is 5.89 Å². The van der Waals surface area contributed by atoms with Crippen LogP contribution in [-0.2, 0) is 16.4 Å². The van der Waals surface area contributed by atoms with E-state index in [0.29, 0.717) is 50.1 Å². The van der Waals surface area contributed by atoms with E-state index in [0.717, 1.165) is 12.1 Å². The standard InChI is InChI=1S/C21H24N4O4S/c1-28-18-7-9-19(10-8-18)30(26,27)25-15-13-24(14-16-25)12-11-20-22-23-21(29-20)17-5-3-2-4-6-17/h2-10H,11-16H2,1H3. The van der Waals surface area contributed by atoms with Crippen LogP contribution in [0.2, 0.25) is 0 Å². The number of sulfonamides is 1. The maximum Gasteiger partial charge on any atom is 0.247 e. The van der Waals surface area contributed by atoms with Crippen LogP contribution in [0.4, 0.5) is 0 Å². The van der Waals surface area contributed by atoms with Crippen molar-refractivity contribution >= 4 is 10.0 Å². The van der Waals surface area contributed by atoms with E-state index in [1.807, 2.05) is 30.3 Å². The summed E-state index contributed by atoms with van der Waals surface area (Å²) in [4.78, 5) is 2.50. The molecule has 4 rings (SSSR count). The normalized spacial score (nSPS) is 15.9. The molecule has 158 valence electrons. The molecule has 0 aliphatic carbocycles. The summed E-state index contributed by atoms with van der Waals surface area (Å²) in [5, 5.41) is 8.23. The maximum absolute atomic E-state index is 12.8. The number of nitrogens with zero attached hydrogens (tertiary/aromatic N) is 4. The van der Waals surface area contributed by atoms with Gasteiger partial charge in [0.05, 0.1) is 12.0 Å². The summed E-state index contributed by atoms with van der Waals surface area (Å²) in [5.74, 6) is 1.73. The van der Waals surface area contributed by atoms with E-state index in [1.165, 1.54) is 4.31 Å². The number of methoxy groups -OCH3 is 1. The summed E-state index contributed by atoms with van der Waals surface area (Å²) in [6.45, 7) is 2.97. The zero-order valence-electron chi connectivity index (χ0n) is 16.8. The van der Waals surface area contributed by atoms with Gasteiger partial charge in [0.2, 0.25) is 21.8 Å². The molecule has 0 amide bonds. The molecule has 0 N–H and O–H groups in total. The van der Waals surface area contributed by atoms with Gasteiger partial charge >= 0.3 is 0 Å². The third-order valence-corrected chi connectivity index (χ3v) is 7.07. The molecule has 0 spiro atoms. The minimum atomic E-state index is -3.49. The topological polar surface area (TPSA) is 88.8 Å². The van der Waals surface area contributed by atoms with E-state index in [1.54, 1.807) is 31.4 Å². The Labute approximate surface area is 176 Å². The number of hydrogen-bond acceptors (Lipinski definition) is 7. The molecule has 0 bridgehead atoms. The van der Waals surface area contributed by atoms with Crippen LogP contribution < -0.4 is 4.74 Å². The van der Waals surface area contributed by atoms with E-state index < -0.39 is 10.0 Å². The van der Waals surface area contributed by atoms with Gasteiger partial charge in [0.1, 0.15) is 5.75 Å². The minimum absolute atomic E-state index is 0.288. The van der Waals surface area contributed by atoms with Gasteiger partial charge in [-0.05, 0) is 36.4 Å². The highest BCUT2D eigenvalue weighted by molar-refractivity contribution is 7.89. The molecule has 0 saturated carbocycles. The van der Waals surface area contributed by atoms with Crippen molar-refractivity contribution < 1.29 is 17.6 Å². The van der Waals surface area contributed by atoms with Gasteiger partial charge in [-0.15, -0.1) is 10.2 Å². The largest absolute Gasteiger partial charge is 0.497 e. The monoisotopic (exact) mass is 428 g/mol. The average Bonchev–Trinajstić information content (AvgIpc) is 3.28. The van der Waals surface area contributed by atoms with E-state index in [4.69, 9.17) is 9.15 Å². The summed E-state index contributed by atoms with van der Waals surface area (Å²) < 4.78 is 38.1. The fourth-order valence-corrected chi connectivity index (χ4v) is 4.82. The summed E-state index contributed by atoms with van der Waals surface area (Å²) >= 11 is 0. The Kier molecular flexibility index (Phi) is 6.12. The van der Waals surface area contributed by atoms with Crippen molar-refractivity contribution in [2.45, 2.75) is 11.3 Å². The maximum atomic E-state index is 12.8. The van der Waals surface area contributed by atoms with Crippen molar-refractivity contribution in [3.63, 3.8) is 0 Å². The summed E-state index contributed by atoms with van der Waals surface area (Å²) in [5.41, 5.74) is 0.897. The molecular formula is C21H24N4O4S. The Balaban J connectivity index is 1.30. The first-order valence-electron chi connectivity index (χ1n) is 9.80. The predicted octanol–water partition coefficient (Wildman–Crippen LogP) is 2.29. The van der Waals surface area contributed by atoms with Crippen molar-refractivity contribution in [1.82, 2.24) is 19.4 Å². The zero-order chi connectivity index (χ0) is 21.0. The average molecular weight is 429 g/mol. The van der Waals surface area contributed by atoms with Gasteiger partial charge in [-0.25, -0.2) is 8.42 Å². The van der Waals surface area contributed by atoms with Crippen molar-refractivity contribution in [2.75, 3.05) is 39.8 Å². The van der Waals surface area contributed by atoms with Crippen molar-refractivity contribution in [3.05, 3.63) is 60.5 Å². The lowest BCUT2D eigenvalue weighted by atomic mass is 10.2. The summed E-state index contributed by atoms with van der Waals surface area (Å²) in [6.07, 6.45) is 0.630. The molecule has 1 saturated heterocycles. The second-order valence-electron chi connectivity index (χ2n) is 7.04. The van der Waals surface area contributed by atoms with Gasteiger partial charge in [-0.1, -0.05) is 18.2 Å². The van der Waals surface area contributed by atoms with Crippen LogP contribution in [0.5, 0.6) is 5.75 Å². The lowest BCUT2D eigenvalue weighted by Gasteiger charge is -2.33. The third kappa shape index (κ3) is 4.53. The number of rotatable bonds is 7. The molecule has 9 heteroatoms. The van der Waals surface area contributed by atoms with Gasteiger partial charge in [-0.3, -0.25) is 0 Å². The fraction of sp³-hybridized carbons (Fsp3) is 0.333. The molecule has 2 aromatic carbocycles. The van der Waals surface area contributed by atoms with Crippen LogP contribution in [0.3, 0.4) is 0 Å². The highest BCUT2D eigenvalue weighted by Crippen LogP contribution is 2.21. The molecule has 1 aliphatic rings. The Hall–Kier alpha value is -2.75. The molecule has 30 heavy (non-hydrogen) atoms. The highest BCUT2D eigenvalue weighted by Gasteiger charge is 2.28. The van der Waals surface area contributed by atoms with Crippen LogP contribution in [0.25, 0.3) is 11.5 Å². The molecule has 1 aliphatic heterocycles. The predicted molar refractivity (Wildman–Crippen MR) is 112 cm³/mol. The van der Waals surface area contributed by atoms with E-state index in [-0.39, 0.29) is 4.90 Å². The number of benzene rings is 2. The van der Waals surface area contributed by atoms with Crippen molar-refractivity contribution in [1.29, 1.82) is 0 Å². The Bertz CT molecular complexity index is 1060. The van der Waals surface area contributed by atoms with Gasteiger partial charge in [0.15, 0.2) is 0 Å². The minimum Gasteiger partial charge on any atom is -0.497 e. The zero-order valence-corrected chi connectivity index (χ0v) is 17.6. The molecule has 8 nitrogen and oxygen atoms in total. The third-order valence-electron chi connectivity index (χ3n) is 5.16. The summed E-state index contributed by atoms with van der Waals surface area (Å²) in [7, 11) is -1.94. The number of hydrogen-bond donors (Lipinski definition) is 0. The Morgan fingerprint density at radius 1 is 0.967 bits per heavy atom. The van der Waals surface area contributed by atoms with Crippen LogP contribution in [-0.4, -0.2) is 67.7 Å².